The van der Waals surface area contributed by atoms with Crippen molar-refractivity contribution < 1.29 is 14.6 Å². The van der Waals surface area contributed by atoms with Crippen LogP contribution in [0.2, 0.25) is 0 Å². The predicted molar refractivity (Wildman–Crippen MR) is 59.0 cm³/mol. The Bertz CT molecular complexity index is 279. The Hall–Kier alpha value is -1.06. The van der Waals surface area contributed by atoms with E-state index in [0.29, 0.717) is 6.61 Å². The highest BCUT2D eigenvalue weighted by atomic mass is 16.5. The average Bonchev–Trinajstić information content (AvgIpc) is 2.26. The van der Waals surface area contributed by atoms with Gasteiger partial charge < -0.3 is 14.6 Å². The van der Waals surface area contributed by atoms with Crippen LogP contribution in [0.1, 0.15) is 25.5 Å². The van der Waals surface area contributed by atoms with Crippen LogP contribution < -0.4 is 4.74 Å². The largest absolute Gasteiger partial charge is 0.497 e. The molecule has 0 aliphatic carbocycles. The molecule has 1 N–H and O–H groups in total. The Morgan fingerprint density at radius 1 is 1.27 bits per heavy atom. The number of hydrogen-bond donors (Lipinski definition) is 1. The molecule has 0 spiro atoms. The highest BCUT2D eigenvalue weighted by Gasteiger charge is 2.16. The molecule has 0 aromatic heterocycles. The van der Waals surface area contributed by atoms with E-state index in [-0.39, 0.29) is 6.10 Å². The molecule has 3 heteroatoms. The zero-order valence-corrected chi connectivity index (χ0v) is 9.43. The van der Waals surface area contributed by atoms with Crippen molar-refractivity contribution in [1.29, 1.82) is 0 Å². The Kier molecular flexibility index (Phi) is 4.59. The predicted octanol–water partition coefficient (Wildman–Crippen LogP) is 2.15. The first kappa shape index (κ1) is 12.0. The fourth-order valence-electron chi connectivity index (χ4n) is 1.49. The van der Waals surface area contributed by atoms with E-state index in [1.807, 2.05) is 31.2 Å². The molecule has 0 bridgehead atoms. The van der Waals surface area contributed by atoms with Crippen LogP contribution in [-0.4, -0.2) is 24.9 Å². The monoisotopic (exact) mass is 210 g/mol. The highest BCUT2D eigenvalue weighted by Crippen LogP contribution is 2.23. The van der Waals surface area contributed by atoms with Gasteiger partial charge in [0.25, 0.3) is 0 Å². The minimum absolute atomic E-state index is 0.263. The lowest BCUT2D eigenvalue weighted by atomic mass is 10.1. The number of hydrogen-bond acceptors (Lipinski definition) is 3. The third-order valence-corrected chi connectivity index (χ3v) is 2.23. The minimum Gasteiger partial charge on any atom is -0.497 e. The molecule has 15 heavy (non-hydrogen) atoms. The first-order valence-corrected chi connectivity index (χ1v) is 5.12. The standard InChI is InChI=1S/C12H18O3/c1-4-15-12(9(2)13)10-5-7-11(14-3)8-6-10/h5-9,12-13H,4H2,1-3H3. The smallest absolute Gasteiger partial charge is 0.118 e. The van der Waals surface area contributed by atoms with E-state index < -0.39 is 6.10 Å². The minimum atomic E-state index is -0.515. The van der Waals surface area contributed by atoms with Gasteiger partial charge >= 0.3 is 0 Å². The van der Waals surface area contributed by atoms with Crippen LogP contribution in [0.4, 0.5) is 0 Å². The van der Waals surface area contributed by atoms with Crippen molar-refractivity contribution in [3.8, 4) is 5.75 Å². The van der Waals surface area contributed by atoms with E-state index in [0.717, 1.165) is 11.3 Å². The second kappa shape index (κ2) is 5.73. The number of aliphatic hydroxyl groups excluding tert-OH is 1. The lowest BCUT2D eigenvalue weighted by Gasteiger charge is -2.20. The quantitative estimate of drug-likeness (QED) is 0.809. The average molecular weight is 210 g/mol. The molecule has 2 atom stereocenters. The van der Waals surface area contributed by atoms with Crippen LogP contribution >= 0.6 is 0 Å². The Labute approximate surface area is 90.6 Å². The van der Waals surface area contributed by atoms with Crippen molar-refractivity contribution in [1.82, 2.24) is 0 Å². The Morgan fingerprint density at radius 3 is 2.27 bits per heavy atom. The van der Waals surface area contributed by atoms with Gasteiger partial charge in [0, 0.05) is 6.61 Å². The molecule has 2 unspecified atom stereocenters. The van der Waals surface area contributed by atoms with E-state index in [4.69, 9.17) is 9.47 Å². The highest BCUT2D eigenvalue weighted by molar-refractivity contribution is 5.28. The van der Waals surface area contributed by atoms with Gasteiger partial charge in [0.05, 0.1) is 13.2 Å². The SMILES string of the molecule is CCOC(c1ccc(OC)cc1)C(C)O. The van der Waals surface area contributed by atoms with E-state index in [2.05, 4.69) is 0 Å². The van der Waals surface area contributed by atoms with Crippen molar-refractivity contribution in [3.63, 3.8) is 0 Å². The summed E-state index contributed by atoms with van der Waals surface area (Å²) in [6.07, 6.45) is -0.778. The van der Waals surface area contributed by atoms with E-state index in [9.17, 15) is 5.11 Å². The molecule has 0 heterocycles. The fraction of sp³-hybridized carbons (Fsp3) is 0.500. The molecule has 3 nitrogen and oxygen atoms in total. The van der Waals surface area contributed by atoms with Crippen LogP contribution in [-0.2, 0) is 4.74 Å². The van der Waals surface area contributed by atoms with Crippen molar-refractivity contribution in [2.45, 2.75) is 26.1 Å². The van der Waals surface area contributed by atoms with Gasteiger partial charge in [0.15, 0.2) is 0 Å². The number of methoxy groups -OCH3 is 1. The Balaban J connectivity index is 2.81. The van der Waals surface area contributed by atoms with E-state index in [1.54, 1.807) is 14.0 Å². The van der Waals surface area contributed by atoms with E-state index >= 15 is 0 Å². The van der Waals surface area contributed by atoms with Gasteiger partial charge in [-0.3, -0.25) is 0 Å². The zero-order chi connectivity index (χ0) is 11.3. The van der Waals surface area contributed by atoms with Gasteiger partial charge in [-0.05, 0) is 31.5 Å². The van der Waals surface area contributed by atoms with Crippen LogP contribution in [0.25, 0.3) is 0 Å². The van der Waals surface area contributed by atoms with Gasteiger partial charge in [-0.25, -0.2) is 0 Å². The van der Waals surface area contributed by atoms with Crippen LogP contribution in [0, 0.1) is 0 Å². The maximum Gasteiger partial charge on any atom is 0.118 e. The molecule has 0 amide bonds. The summed E-state index contributed by atoms with van der Waals surface area (Å²) in [7, 11) is 1.63. The lowest BCUT2D eigenvalue weighted by molar-refractivity contribution is -0.0259. The summed E-state index contributed by atoms with van der Waals surface area (Å²) < 4.78 is 10.5. The summed E-state index contributed by atoms with van der Waals surface area (Å²) in [4.78, 5) is 0. The molecular formula is C12H18O3. The molecular weight excluding hydrogens is 192 g/mol. The summed E-state index contributed by atoms with van der Waals surface area (Å²) in [5.74, 6) is 0.805. The molecule has 0 fully saturated rings. The first-order chi connectivity index (χ1) is 7.19. The molecule has 1 aromatic carbocycles. The molecule has 84 valence electrons. The first-order valence-electron chi connectivity index (χ1n) is 5.12. The maximum atomic E-state index is 9.57. The zero-order valence-electron chi connectivity index (χ0n) is 9.43. The number of ether oxygens (including phenoxy) is 2. The molecule has 0 saturated heterocycles. The molecule has 0 saturated carbocycles. The number of aliphatic hydroxyl groups is 1. The van der Waals surface area contributed by atoms with Gasteiger partial charge in [-0.1, -0.05) is 12.1 Å². The van der Waals surface area contributed by atoms with Crippen molar-refractivity contribution in [2.75, 3.05) is 13.7 Å². The molecule has 0 aliphatic heterocycles. The fourth-order valence-corrected chi connectivity index (χ4v) is 1.49. The number of rotatable bonds is 5. The van der Waals surface area contributed by atoms with Gasteiger partial charge in [0.1, 0.15) is 11.9 Å². The molecule has 1 rings (SSSR count). The summed E-state index contributed by atoms with van der Waals surface area (Å²) in [6, 6.07) is 7.55. The number of benzene rings is 1. The molecule has 0 aliphatic rings. The van der Waals surface area contributed by atoms with Gasteiger partial charge in [-0.15, -0.1) is 0 Å². The summed E-state index contributed by atoms with van der Waals surface area (Å²) in [5.41, 5.74) is 0.965. The Morgan fingerprint density at radius 2 is 1.87 bits per heavy atom. The maximum absolute atomic E-state index is 9.57. The summed E-state index contributed by atoms with van der Waals surface area (Å²) in [5, 5.41) is 9.57. The lowest BCUT2D eigenvalue weighted by Crippen LogP contribution is -2.17. The van der Waals surface area contributed by atoms with E-state index in [1.165, 1.54) is 0 Å². The normalized spacial score (nSPS) is 14.7. The molecule has 1 aromatic rings. The van der Waals surface area contributed by atoms with Crippen molar-refractivity contribution >= 4 is 0 Å². The molecule has 0 radical (unpaired) electrons. The third kappa shape index (κ3) is 3.22. The second-order valence-electron chi connectivity index (χ2n) is 3.39. The van der Waals surface area contributed by atoms with Gasteiger partial charge in [0.2, 0.25) is 0 Å². The summed E-state index contributed by atoms with van der Waals surface area (Å²) in [6.45, 7) is 4.23. The third-order valence-electron chi connectivity index (χ3n) is 2.23. The van der Waals surface area contributed by atoms with Gasteiger partial charge in [-0.2, -0.15) is 0 Å². The van der Waals surface area contributed by atoms with Crippen LogP contribution in [0.5, 0.6) is 5.75 Å². The van der Waals surface area contributed by atoms with Crippen molar-refractivity contribution in [3.05, 3.63) is 29.8 Å². The summed E-state index contributed by atoms with van der Waals surface area (Å²) >= 11 is 0. The van der Waals surface area contributed by atoms with Crippen LogP contribution in [0.3, 0.4) is 0 Å². The topological polar surface area (TPSA) is 38.7 Å². The van der Waals surface area contributed by atoms with Crippen LogP contribution in [0.15, 0.2) is 24.3 Å². The van der Waals surface area contributed by atoms with Crippen molar-refractivity contribution in [2.24, 2.45) is 0 Å². The second-order valence-corrected chi connectivity index (χ2v) is 3.39.